The third kappa shape index (κ3) is 3.19. The zero-order chi connectivity index (χ0) is 10.2. The van der Waals surface area contributed by atoms with E-state index in [4.69, 9.17) is 11.6 Å². The maximum Gasteiger partial charge on any atom is 0.0401 e. The lowest BCUT2D eigenvalue weighted by Crippen LogP contribution is -1.71. The Balaban J connectivity index is 0.000000213. The Morgan fingerprint density at radius 1 is 1.21 bits per heavy atom. The smallest absolute Gasteiger partial charge is 0.0401 e. The molecular formula is C12H12ClN. The van der Waals surface area contributed by atoms with Gasteiger partial charge in [0.25, 0.3) is 0 Å². The Morgan fingerprint density at radius 2 is 1.86 bits per heavy atom. The van der Waals surface area contributed by atoms with Crippen molar-refractivity contribution in [3.63, 3.8) is 0 Å². The van der Waals surface area contributed by atoms with Gasteiger partial charge >= 0.3 is 0 Å². The highest BCUT2D eigenvalue weighted by atomic mass is 35.5. The lowest BCUT2D eigenvalue weighted by molar-refractivity contribution is 1.36. The Bertz CT molecular complexity index is 333. The number of rotatable bonds is 1. The molecule has 0 amide bonds. The topological polar surface area (TPSA) is 12.9 Å². The number of fused-ring (bicyclic) bond motifs is 1. The van der Waals surface area contributed by atoms with Crippen molar-refractivity contribution < 1.29 is 0 Å². The minimum absolute atomic E-state index is 0.556. The van der Waals surface area contributed by atoms with Gasteiger partial charge in [-0.3, -0.25) is 4.98 Å². The summed E-state index contributed by atoms with van der Waals surface area (Å²) in [6.07, 6.45) is 5.32. The molecule has 2 heteroatoms. The summed E-state index contributed by atoms with van der Waals surface area (Å²) >= 11 is 5.07. The molecule has 0 N–H and O–H groups in total. The standard InChI is InChI=1S/C9H7N.C3H5Cl/c1-2-4-9-7-10-6-5-8(9)3-1;1-2-3-4/h1-7H;2H,1,3H2. The van der Waals surface area contributed by atoms with Crippen molar-refractivity contribution >= 4 is 22.4 Å². The molecule has 0 spiro atoms. The second kappa shape index (κ2) is 6.17. The van der Waals surface area contributed by atoms with Crippen LogP contribution >= 0.6 is 11.6 Å². The highest BCUT2D eigenvalue weighted by Crippen LogP contribution is 2.09. The number of allylic oxidation sites excluding steroid dienone is 1. The number of hydrogen-bond donors (Lipinski definition) is 0. The quantitative estimate of drug-likeness (QED) is 0.512. The van der Waals surface area contributed by atoms with E-state index in [0.29, 0.717) is 5.88 Å². The van der Waals surface area contributed by atoms with Crippen molar-refractivity contribution in [3.05, 3.63) is 55.4 Å². The van der Waals surface area contributed by atoms with E-state index < -0.39 is 0 Å². The van der Waals surface area contributed by atoms with Crippen LogP contribution < -0.4 is 0 Å². The predicted octanol–water partition coefficient (Wildman–Crippen LogP) is 3.65. The lowest BCUT2D eigenvalue weighted by atomic mass is 10.2. The van der Waals surface area contributed by atoms with Crippen molar-refractivity contribution in [1.82, 2.24) is 4.98 Å². The molecule has 2 aromatic rings. The predicted molar refractivity (Wildman–Crippen MR) is 62.7 cm³/mol. The van der Waals surface area contributed by atoms with E-state index >= 15 is 0 Å². The van der Waals surface area contributed by atoms with Gasteiger partial charge in [-0.1, -0.05) is 30.3 Å². The van der Waals surface area contributed by atoms with Gasteiger partial charge in [0, 0.05) is 18.3 Å². The maximum absolute atomic E-state index is 5.07. The minimum Gasteiger partial charge on any atom is -0.264 e. The summed E-state index contributed by atoms with van der Waals surface area (Å²) in [5.41, 5.74) is 0. The van der Waals surface area contributed by atoms with Crippen LogP contribution in [0.4, 0.5) is 0 Å². The van der Waals surface area contributed by atoms with Gasteiger partial charge in [0.15, 0.2) is 0 Å². The van der Waals surface area contributed by atoms with Crippen molar-refractivity contribution in [2.75, 3.05) is 5.88 Å². The summed E-state index contributed by atoms with van der Waals surface area (Å²) in [7, 11) is 0. The molecule has 0 bridgehead atoms. The van der Waals surface area contributed by atoms with E-state index in [2.05, 4.69) is 23.7 Å². The van der Waals surface area contributed by atoms with Gasteiger partial charge in [0.1, 0.15) is 0 Å². The molecule has 0 fully saturated rings. The molecule has 1 aromatic heterocycles. The first-order chi connectivity index (χ1) is 6.88. The molecule has 0 unspecified atom stereocenters. The average molecular weight is 206 g/mol. The summed E-state index contributed by atoms with van der Waals surface area (Å²) < 4.78 is 0. The number of halogens is 1. The third-order valence-corrected chi connectivity index (χ3v) is 1.88. The van der Waals surface area contributed by atoms with Gasteiger partial charge < -0.3 is 0 Å². The molecule has 1 heterocycles. The molecular weight excluding hydrogens is 194 g/mol. The van der Waals surface area contributed by atoms with E-state index in [1.54, 1.807) is 6.08 Å². The van der Waals surface area contributed by atoms with E-state index in [0.717, 1.165) is 0 Å². The van der Waals surface area contributed by atoms with Gasteiger partial charge in [-0.05, 0) is 16.8 Å². The van der Waals surface area contributed by atoms with Gasteiger partial charge in [0.05, 0.1) is 0 Å². The second-order valence-electron chi connectivity index (χ2n) is 2.67. The second-order valence-corrected chi connectivity index (χ2v) is 2.97. The van der Waals surface area contributed by atoms with E-state index in [1.165, 1.54) is 10.8 Å². The van der Waals surface area contributed by atoms with Crippen molar-refractivity contribution in [3.8, 4) is 0 Å². The first kappa shape index (κ1) is 10.7. The van der Waals surface area contributed by atoms with E-state index in [-0.39, 0.29) is 0 Å². The Labute approximate surface area is 89.0 Å². The summed E-state index contributed by atoms with van der Waals surface area (Å²) in [5.74, 6) is 0.556. The zero-order valence-electron chi connectivity index (χ0n) is 7.86. The minimum atomic E-state index is 0.556. The molecule has 1 aromatic carbocycles. The Hall–Kier alpha value is -1.34. The van der Waals surface area contributed by atoms with Crippen LogP contribution in [-0.2, 0) is 0 Å². The summed E-state index contributed by atoms with van der Waals surface area (Å²) in [5, 5.41) is 2.45. The van der Waals surface area contributed by atoms with Crippen LogP contribution in [0.1, 0.15) is 0 Å². The number of alkyl halides is 1. The first-order valence-corrected chi connectivity index (χ1v) is 4.87. The molecule has 1 nitrogen and oxygen atoms in total. The zero-order valence-corrected chi connectivity index (χ0v) is 8.61. The van der Waals surface area contributed by atoms with Gasteiger partial charge in [-0.2, -0.15) is 0 Å². The first-order valence-electron chi connectivity index (χ1n) is 4.34. The van der Waals surface area contributed by atoms with Crippen LogP contribution in [0.25, 0.3) is 10.8 Å². The van der Waals surface area contributed by atoms with Crippen LogP contribution in [0.3, 0.4) is 0 Å². The van der Waals surface area contributed by atoms with E-state index in [1.807, 2.05) is 30.6 Å². The van der Waals surface area contributed by atoms with Crippen molar-refractivity contribution in [2.45, 2.75) is 0 Å². The van der Waals surface area contributed by atoms with Gasteiger partial charge in [0.2, 0.25) is 0 Å². The fourth-order valence-corrected chi connectivity index (χ4v) is 1.03. The fraction of sp³-hybridized carbons (Fsp3) is 0.0833. The maximum atomic E-state index is 5.07. The highest BCUT2D eigenvalue weighted by molar-refractivity contribution is 6.18. The van der Waals surface area contributed by atoms with Crippen LogP contribution in [0.5, 0.6) is 0 Å². The van der Waals surface area contributed by atoms with Gasteiger partial charge in [-0.15, -0.1) is 18.2 Å². The van der Waals surface area contributed by atoms with Crippen molar-refractivity contribution in [2.24, 2.45) is 0 Å². The number of aromatic nitrogens is 1. The van der Waals surface area contributed by atoms with Crippen molar-refractivity contribution in [1.29, 1.82) is 0 Å². The van der Waals surface area contributed by atoms with E-state index in [9.17, 15) is 0 Å². The molecule has 14 heavy (non-hydrogen) atoms. The molecule has 0 aliphatic heterocycles. The largest absolute Gasteiger partial charge is 0.264 e. The number of pyridine rings is 1. The lowest BCUT2D eigenvalue weighted by Gasteiger charge is -1.91. The number of nitrogens with zero attached hydrogens (tertiary/aromatic N) is 1. The highest BCUT2D eigenvalue weighted by Gasteiger charge is 1.86. The van der Waals surface area contributed by atoms with Crippen LogP contribution in [0.2, 0.25) is 0 Å². The Morgan fingerprint density at radius 3 is 2.43 bits per heavy atom. The molecule has 0 aliphatic carbocycles. The molecule has 0 saturated heterocycles. The summed E-state index contributed by atoms with van der Waals surface area (Å²) in [4.78, 5) is 4.01. The average Bonchev–Trinajstić information content (AvgIpc) is 2.30. The molecule has 2 rings (SSSR count). The molecule has 0 radical (unpaired) electrons. The molecule has 0 atom stereocenters. The fourth-order valence-electron chi connectivity index (χ4n) is 1.03. The SMILES string of the molecule is C=CCCl.c1ccc2cnccc2c1. The van der Waals surface area contributed by atoms with Crippen LogP contribution in [0, 0.1) is 0 Å². The number of benzene rings is 1. The third-order valence-electron chi connectivity index (χ3n) is 1.66. The molecule has 0 saturated carbocycles. The molecule has 72 valence electrons. The van der Waals surface area contributed by atoms with Crippen LogP contribution in [-0.4, -0.2) is 10.9 Å². The monoisotopic (exact) mass is 205 g/mol. The number of hydrogen-bond acceptors (Lipinski definition) is 1. The summed E-state index contributed by atoms with van der Waals surface area (Å²) in [6, 6.07) is 10.2. The Kier molecular flexibility index (Phi) is 4.73. The van der Waals surface area contributed by atoms with Crippen LogP contribution in [0.15, 0.2) is 55.4 Å². The molecule has 0 aliphatic rings. The summed E-state index contributed by atoms with van der Waals surface area (Å²) in [6.45, 7) is 3.35. The normalized spacial score (nSPS) is 8.93. The van der Waals surface area contributed by atoms with Gasteiger partial charge in [-0.25, -0.2) is 0 Å².